The molecule has 2 aromatic heterocycles. The van der Waals surface area contributed by atoms with Gasteiger partial charge >= 0.3 is 0 Å². The summed E-state index contributed by atoms with van der Waals surface area (Å²) in [6, 6.07) is 3.10. The van der Waals surface area contributed by atoms with Gasteiger partial charge in [-0.2, -0.15) is 5.10 Å². The second-order valence-electron chi connectivity index (χ2n) is 2.84. The van der Waals surface area contributed by atoms with Crippen LogP contribution in [0.25, 0.3) is 10.7 Å². The summed E-state index contributed by atoms with van der Waals surface area (Å²) in [5, 5.41) is 16.2. The van der Waals surface area contributed by atoms with Crippen LogP contribution >= 0.6 is 11.3 Å². The molecule has 0 aliphatic carbocycles. The molecule has 0 aliphatic rings. The molecule has 0 saturated heterocycles. The molecule has 0 aliphatic heterocycles. The van der Waals surface area contributed by atoms with E-state index in [-0.39, 0.29) is 5.56 Å². The van der Waals surface area contributed by atoms with Gasteiger partial charge in [0.25, 0.3) is 5.56 Å². The summed E-state index contributed by atoms with van der Waals surface area (Å²) in [6.45, 7) is 0. The van der Waals surface area contributed by atoms with E-state index in [2.05, 4.69) is 20.6 Å². The van der Waals surface area contributed by atoms with Gasteiger partial charge < -0.3 is 5.32 Å². The number of hydrogen-bond donors (Lipinski definition) is 1. The minimum Gasteiger partial charge on any atom is -0.363 e. The fourth-order valence-corrected chi connectivity index (χ4v) is 1.71. The van der Waals surface area contributed by atoms with Crippen molar-refractivity contribution in [3.05, 3.63) is 22.5 Å². The predicted molar refractivity (Wildman–Crippen MR) is 57.9 cm³/mol. The van der Waals surface area contributed by atoms with E-state index in [4.69, 9.17) is 0 Å². The van der Waals surface area contributed by atoms with Gasteiger partial charge in [-0.25, -0.2) is 4.68 Å². The maximum atomic E-state index is 11.1. The molecule has 0 bridgehead atoms. The first-order chi connectivity index (χ1) is 7.20. The normalized spacial score (nSPS) is 10.3. The Bertz CT molecular complexity index is 532. The number of hydrogen-bond acceptors (Lipinski definition) is 6. The summed E-state index contributed by atoms with van der Waals surface area (Å²) in [6.07, 6.45) is 0. The van der Waals surface area contributed by atoms with Crippen molar-refractivity contribution in [2.75, 3.05) is 12.4 Å². The molecule has 0 unspecified atom stereocenters. The fourth-order valence-electron chi connectivity index (χ4n) is 1.04. The van der Waals surface area contributed by atoms with Crippen molar-refractivity contribution in [2.45, 2.75) is 0 Å². The Morgan fingerprint density at radius 3 is 2.80 bits per heavy atom. The van der Waals surface area contributed by atoms with Crippen molar-refractivity contribution in [1.29, 1.82) is 0 Å². The Hall–Kier alpha value is -1.76. The molecular formula is C8H9N5OS. The smallest absolute Gasteiger partial charge is 0.266 e. The van der Waals surface area contributed by atoms with Crippen molar-refractivity contribution >= 4 is 16.5 Å². The number of rotatable bonds is 2. The molecule has 1 N–H and O–H groups in total. The summed E-state index contributed by atoms with van der Waals surface area (Å²) < 4.78 is 1.27. The predicted octanol–water partition coefficient (Wildman–Crippen LogP) is 0.340. The van der Waals surface area contributed by atoms with Gasteiger partial charge in [-0.3, -0.25) is 4.79 Å². The summed E-state index contributed by atoms with van der Waals surface area (Å²) in [5.74, 6) is 0. The first-order valence-corrected chi connectivity index (χ1v) is 5.08. The van der Waals surface area contributed by atoms with Crippen LogP contribution in [0.1, 0.15) is 0 Å². The van der Waals surface area contributed by atoms with Gasteiger partial charge in [0.05, 0.1) is 0 Å². The van der Waals surface area contributed by atoms with Crippen LogP contribution < -0.4 is 10.9 Å². The van der Waals surface area contributed by atoms with Crippen molar-refractivity contribution in [3.8, 4) is 10.7 Å². The van der Waals surface area contributed by atoms with Gasteiger partial charge in [0, 0.05) is 20.2 Å². The lowest BCUT2D eigenvalue weighted by Gasteiger charge is -1.97. The molecule has 0 aromatic carbocycles. The highest BCUT2D eigenvalue weighted by Crippen LogP contribution is 2.23. The highest BCUT2D eigenvalue weighted by molar-refractivity contribution is 7.18. The molecule has 2 heterocycles. The van der Waals surface area contributed by atoms with Gasteiger partial charge in [-0.05, 0) is 6.07 Å². The van der Waals surface area contributed by atoms with Crippen LogP contribution in [-0.4, -0.2) is 27.0 Å². The number of anilines is 1. The van der Waals surface area contributed by atoms with Crippen molar-refractivity contribution in [3.63, 3.8) is 0 Å². The third kappa shape index (κ3) is 1.86. The molecular weight excluding hydrogens is 214 g/mol. The molecule has 0 atom stereocenters. The Kier molecular flexibility index (Phi) is 2.46. The molecule has 0 saturated carbocycles. The maximum Gasteiger partial charge on any atom is 0.266 e. The lowest BCUT2D eigenvalue weighted by atomic mass is 10.4. The molecule has 0 fully saturated rings. The van der Waals surface area contributed by atoms with Crippen LogP contribution in [0.15, 0.2) is 16.9 Å². The Balaban J connectivity index is 2.45. The maximum absolute atomic E-state index is 11.1. The van der Waals surface area contributed by atoms with E-state index in [1.54, 1.807) is 20.2 Å². The first-order valence-electron chi connectivity index (χ1n) is 4.26. The summed E-state index contributed by atoms with van der Waals surface area (Å²) in [4.78, 5) is 11.1. The Labute approximate surface area is 89.6 Å². The summed E-state index contributed by atoms with van der Waals surface area (Å²) >= 11 is 1.39. The molecule has 0 radical (unpaired) electrons. The third-order valence-electron chi connectivity index (χ3n) is 1.82. The van der Waals surface area contributed by atoms with E-state index in [0.717, 1.165) is 5.13 Å². The van der Waals surface area contributed by atoms with E-state index in [9.17, 15) is 4.79 Å². The average molecular weight is 223 g/mol. The number of aryl methyl sites for hydroxylation is 1. The Morgan fingerprint density at radius 1 is 1.40 bits per heavy atom. The average Bonchev–Trinajstić information content (AvgIpc) is 2.70. The van der Waals surface area contributed by atoms with E-state index >= 15 is 0 Å². The van der Waals surface area contributed by atoms with Gasteiger partial charge in [-0.15, -0.1) is 10.2 Å². The van der Waals surface area contributed by atoms with Crippen LogP contribution in [0.5, 0.6) is 0 Å². The Morgan fingerprint density at radius 2 is 2.20 bits per heavy atom. The van der Waals surface area contributed by atoms with E-state index < -0.39 is 0 Å². The van der Waals surface area contributed by atoms with Crippen LogP contribution in [0.3, 0.4) is 0 Å². The SMILES string of the molecule is CNc1nnc(-c2ccc(=O)n(C)n2)s1. The molecule has 2 rings (SSSR count). The zero-order valence-corrected chi connectivity index (χ0v) is 9.08. The second kappa shape index (κ2) is 3.77. The van der Waals surface area contributed by atoms with E-state index in [0.29, 0.717) is 10.7 Å². The van der Waals surface area contributed by atoms with Gasteiger partial charge in [-0.1, -0.05) is 11.3 Å². The third-order valence-corrected chi connectivity index (χ3v) is 2.78. The van der Waals surface area contributed by atoms with Gasteiger partial charge in [0.2, 0.25) is 5.13 Å². The standard InChI is InChI=1S/C8H9N5OS/c1-9-8-11-10-7(15-8)5-3-4-6(14)13(2)12-5/h3-4H,1-2H3,(H,9,11). The lowest BCUT2D eigenvalue weighted by molar-refractivity contribution is 0.711. The number of aromatic nitrogens is 4. The van der Waals surface area contributed by atoms with Crippen molar-refractivity contribution < 1.29 is 0 Å². The topological polar surface area (TPSA) is 72.7 Å². The fraction of sp³-hybridized carbons (Fsp3) is 0.250. The number of nitrogens with one attached hydrogen (secondary N) is 1. The zero-order chi connectivity index (χ0) is 10.8. The molecule has 0 amide bonds. The minimum absolute atomic E-state index is 0.142. The zero-order valence-electron chi connectivity index (χ0n) is 8.26. The van der Waals surface area contributed by atoms with Crippen LogP contribution in [-0.2, 0) is 7.05 Å². The summed E-state index contributed by atoms with van der Waals surface area (Å²) in [7, 11) is 3.38. The molecule has 15 heavy (non-hydrogen) atoms. The van der Waals surface area contributed by atoms with Crippen LogP contribution in [0.2, 0.25) is 0 Å². The van der Waals surface area contributed by atoms with Gasteiger partial charge in [0.15, 0.2) is 5.01 Å². The monoisotopic (exact) mass is 223 g/mol. The highest BCUT2D eigenvalue weighted by atomic mass is 32.1. The second-order valence-corrected chi connectivity index (χ2v) is 3.82. The van der Waals surface area contributed by atoms with Crippen molar-refractivity contribution in [2.24, 2.45) is 7.05 Å². The van der Waals surface area contributed by atoms with Crippen molar-refractivity contribution in [1.82, 2.24) is 20.0 Å². The molecule has 0 spiro atoms. The number of nitrogens with zero attached hydrogens (tertiary/aromatic N) is 4. The van der Waals surface area contributed by atoms with Crippen LogP contribution in [0.4, 0.5) is 5.13 Å². The van der Waals surface area contributed by atoms with Crippen LogP contribution in [0, 0.1) is 0 Å². The minimum atomic E-state index is -0.142. The van der Waals surface area contributed by atoms with Gasteiger partial charge in [0.1, 0.15) is 5.69 Å². The molecule has 7 heteroatoms. The lowest BCUT2D eigenvalue weighted by Crippen LogP contribution is -2.18. The van der Waals surface area contributed by atoms with E-state index in [1.807, 2.05) is 0 Å². The largest absolute Gasteiger partial charge is 0.363 e. The van der Waals surface area contributed by atoms with E-state index in [1.165, 1.54) is 22.1 Å². The molecule has 78 valence electrons. The molecule has 6 nitrogen and oxygen atoms in total. The quantitative estimate of drug-likeness (QED) is 0.794. The highest BCUT2D eigenvalue weighted by Gasteiger charge is 2.07. The first kappa shape index (κ1) is 9.78. The summed E-state index contributed by atoms with van der Waals surface area (Å²) in [5.41, 5.74) is 0.508. The molecule has 2 aromatic rings.